The number of benzene rings is 2. The van der Waals surface area contributed by atoms with Crippen molar-refractivity contribution in [2.75, 3.05) is 32.8 Å². The molecule has 1 atom stereocenters. The summed E-state index contributed by atoms with van der Waals surface area (Å²) < 4.78 is 26.7. The zero-order chi connectivity index (χ0) is 24.8. The molecule has 2 amide bonds. The zero-order valence-electron chi connectivity index (χ0n) is 19.9. The lowest BCUT2D eigenvalue weighted by Gasteiger charge is -2.29. The predicted molar refractivity (Wildman–Crippen MR) is 129 cm³/mol. The molecule has 0 radical (unpaired) electrons. The van der Waals surface area contributed by atoms with Crippen molar-refractivity contribution in [1.29, 1.82) is 0 Å². The average Bonchev–Trinajstić information content (AvgIpc) is 3.20. The van der Waals surface area contributed by atoms with Gasteiger partial charge in [0, 0.05) is 32.3 Å². The molecule has 9 nitrogen and oxygen atoms in total. The van der Waals surface area contributed by atoms with Gasteiger partial charge < -0.3 is 24.3 Å². The number of fused-ring (bicyclic) bond motifs is 1. The Morgan fingerprint density at radius 2 is 2.00 bits per heavy atom. The SMILES string of the molecule is CCOCCn1c(CN[C@@H](C)C(=O)N2CCNC(=O)C2)nc2ccc(Oc3ccc(F)cc3)cc21. The van der Waals surface area contributed by atoms with Gasteiger partial charge in [0.15, 0.2) is 0 Å². The number of nitrogens with zero attached hydrogens (tertiary/aromatic N) is 3. The Labute approximate surface area is 203 Å². The van der Waals surface area contributed by atoms with E-state index in [-0.39, 0.29) is 24.2 Å². The number of hydrogen-bond donors (Lipinski definition) is 2. The van der Waals surface area contributed by atoms with E-state index < -0.39 is 6.04 Å². The van der Waals surface area contributed by atoms with Gasteiger partial charge >= 0.3 is 0 Å². The first kappa shape index (κ1) is 24.6. The van der Waals surface area contributed by atoms with Gasteiger partial charge in [0.25, 0.3) is 0 Å². The molecule has 1 aromatic heterocycles. The molecule has 2 heterocycles. The molecule has 4 rings (SSSR count). The van der Waals surface area contributed by atoms with Gasteiger partial charge in [-0.05, 0) is 50.2 Å². The fourth-order valence-corrected chi connectivity index (χ4v) is 3.97. The summed E-state index contributed by atoms with van der Waals surface area (Å²) >= 11 is 0. The molecule has 35 heavy (non-hydrogen) atoms. The second kappa shape index (κ2) is 11.3. The summed E-state index contributed by atoms with van der Waals surface area (Å²) in [4.78, 5) is 30.7. The van der Waals surface area contributed by atoms with Crippen molar-refractivity contribution in [3.63, 3.8) is 0 Å². The van der Waals surface area contributed by atoms with Crippen LogP contribution in [0.25, 0.3) is 11.0 Å². The molecular formula is C25H30FN5O4. The summed E-state index contributed by atoms with van der Waals surface area (Å²) in [5, 5.41) is 5.98. The van der Waals surface area contributed by atoms with E-state index in [1.165, 1.54) is 12.1 Å². The van der Waals surface area contributed by atoms with Crippen LogP contribution in [0.15, 0.2) is 42.5 Å². The number of hydrogen-bond acceptors (Lipinski definition) is 6. The molecule has 0 unspecified atom stereocenters. The van der Waals surface area contributed by atoms with Gasteiger partial charge in [-0.1, -0.05) is 0 Å². The maximum Gasteiger partial charge on any atom is 0.239 e. The molecule has 1 aliphatic heterocycles. The second-order valence-corrected chi connectivity index (χ2v) is 8.30. The van der Waals surface area contributed by atoms with E-state index >= 15 is 0 Å². The Morgan fingerprint density at radius 1 is 1.23 bits per heavy atom. The lowest BCUT2D eigenvalue weighted by atomic mass is 10.2. The summed E-state index contributed by atoms with van der Waals surface area (Å²) in [6.45, 7) is 6.83. The fraction of sp³-hybridized carbons (Fsp3) is 0.400. The van der Waals surface area contributed by atoms with Crippen LogP contribution in [0.4, 0.5) is 4.39 Å². The molecule has 2 aromatic carbocycles. The summed E-state index contributed by atoms with van der Waals surface area (Å²) in [6, 6.07) is 11.0. The van der Waals surface area contributed by atoms with E-state index in [1.807, 2.05) is 29.7 Å². The smallest absolute Gasteiger partial charge is 0.239 e. The highest BCUT2D eigenvalue weighted by molar-refractivity contribution is 5.88. The highest BCUT2D eigenvalue weighted by Gasteiger charge is 2.25. The Balaban J connectivity index is 1.51. The van der Waals surface area contributed by atoms with Crippen molar-refractivity contribution in [1.82, 2.24) is 25.1 Å². The average molecular weight is 484 g/mol. The highest BCUT2D eigenvalue weighted by Crippen LogP contribution is 2.27. The number of piperazine rings is 1. The first-order valence-electron chi connectivity index (χ1n) is 11.7. The normalized spacial score (nSPS) is 14.7. The first-order chi connectivity index (χ1) is 16.9. The number of amides is 2. The first-order valence-corrected chi connectivity index (χ1v) is 11.7. The molecule has 0 bridgehead atoms. The summed E-state index contributed by atoms with van der Waals surface area (Å²) in [6.07, 6.45) is 0. The minimum Gasteiger partial charge on any atom is -0.457 e. The van der Waals surface area contributed by atoms with Crippen LogP contribution in [0.3, 0.4) is 0 Å². The number of carbonyl (C=O) groups excluding carboxylic acids is 2. The van der Waals surface area contributed by atoms with Crippen molar-refractivity contribution in [3.8, 4) is 11.5 Å². The van der Waals surface area contributed by atoms with E-state index in [9.17, 15) is 14.0 Å². The molecule has 0 spiro atoms. The topological polar surface area (TPSA) is 97.7 Å². The summed E-state index contributed by atoms with van der Waals surface area (Å²) in [5.41, 5.74) is 1.66. The van der Waals surface area contributed by atoms with Crippen LogP contribution < -0.4 is 15.4 Å². The molecule has 0 saturated carbocycles. The molecule has 1 aliphatic rings. The van der Waals surface area contributed by atoms with E-state index in [1.54, 1.807) is 24.0 Å². The monoisotopic (exact) mass is 483 g/mol. The molecule has 0 aliphatic carbocycles. The number of carbonyl (C=O) groups is 2. The molecule has 2 N–H and O–H groups in total. The third kappa shape index (κ3) is 6.14. The Bertz CT molecular complexity index is 1180. The minimum absolute atomic E-state index is 0.0779. The lowest BCUT2D eigenvalue weighted by molar-refractivity contribution is -0.139. The fourth-order valence-electron chi connectivity index (χ4n) is 3.97. The Morgan fingerprint density at radius 3 is 2.74 bits per heavy atom. The lowest BCUT2D eigenvalue weighted by Crippen LogP contribution is -2.54. The maximum absolute atomic E-state index is 13.2. The molecule has 10 heteroatoms. The van der Waals surface area contributed by atoms with Gasteiger partial charge in [-0.3, -0.25) is 14.9 Å². The number of rotatable bonds is 10. The molecule has 3 aromatic rings. The third-order valence-corrected chi connectivity index (χ3v) is 5.80. The number of aromatic nitrogens is 2. The van der Waals surface area contributed by atoms with Gasteiger partial charge in [-0.25, -0.2) is 9.37 Å². The van der Waals surface area contributed by atoms with Crippen LogP contribution >= 0.6 is 0 Å². The molecule has 186 valence electrons. The molecule has 1 fully saturated rings. The largest absolute Gasteiger partial charge is 0.457 e. The summed E-state index contributed by atoms with van der Waals surface area (Å²) in [5.74, 6) is 1.31. The van der Waals surface area contributed by atoms with Gasteiger partial charge in [-0.2, -0.15) is 0 Å². The number of nitrogens with one attached hydrogen (secondary N) is 2. The van der Waals surface area contributed by atoms with E-state index in [0.29, 0.717) is 50.9 Å². The second-order valence-electron chi connectivity index (χ2n) is 8.30. The van der Waals surface area contributed by atoms with Crippen LogP contribution in [0.5, 0.6) is 11.5 Å². The van der Waals surface area contributed by atoms with Gasteiger partial charge in [0.05, 0.1) is 36.8 Å². The standard InChI is InChI=1S/C25H30FN5O4/c1-3-34-13-12-31-22-14-20(35-19-6-4-18(26)5-7-19)8-9-21(22)29-23(31)15-28-17(2)25(33)30-11-10-27-24(32)16-30/h4-9,14,17,28H,3,10-13,15-16H2,1-2H3,(H,27,32)/t17-/m0/s1. The van der Waals surface area contributed by atoms with Crippen molar-refractivity contribution in [2.45, 2.75) is 33.0 Å². The van der Waals surface area contributed by atoms with Gasteiger partial charge in [0.2, 0.25) is 11.8 Å². The van der Waals surface area contributed by atoms with E-state index in [4.69, 9.17) is 14.5 Å². The van der Waals surface area contributed by atoms with Crippen molar-refractivity contribution in [3.05, 3.63) is 54.1 Å². The zero-order valence-corrected chi connectivity index (χ0v) is 19.9. The minimum atomic E-state index is -0.474. The van der Waals surface area contributed by atoms with Gasteiger partial charge in [-0.15, -0.1) is 0 Å². The van der Waals surface area contributed by atoms with Crippen molar-refractivity contribution in [2.24, 2.45) is 0 Å². The molecular weight excluding hydrogens is 453 g/mol. The quantitative estimate of drug-likeness (QED) is 0.430. The van der Waals surface area contributed by atoms with Crippen molar-refractivity contribution < 1.29 is 23.5 Å². The van der Waals surface area contributed by atoms with Crippen LogP contribution in [0.2, 0.25) is 0 Å². The van der Waals surface area contributed by atoms with E-state index in [0.717, 1.165) is 16.9 Å². The Kier molecular flexibility index (Phi) is 7.94. The number of halogens is 1. The van der Waals surface area contributed by atoms with Crippen LogP contribution in [0.1, 0.15) is 19.7 Å². The predicted octanol–water partition coefficient (Wildman–Crippen LogP) is 2.44. The van der Waals surface area contributed by atoms with Gasteiger partial charge in [0.1, 0.15) is 23.1 Å². The highest BCUT2D eigenvalue weighted by atomic mass is 19.1. The van der Waals surface area contributed by atoms with Crippen LogP contribution in [0, 0.1) is 5.82 Å². The van der Waals surface area contributed by atoms with Crippen molar-refractivity contribution >= 4 is 22.8 Å². The third-order valence-electron chi connectivity index (χ3n) is 5.80. The van der Waals surface area contributed by atoms with Crippen LogP contribution in [-0.2, 0) is 27.4 Å². The number of ether oxygens (including phenoxy) is 2. The van der Waals surface area contributed by atoms with E-state index in [2.05, 4.69) is 10.6 Å². The summed E-state index contributed by atoms with van der Waals surface area (Å²) in [7, 11) is 0. The number of imidazole rings is 1. The van der Waals surface area contributed by atoms with Crippen LogP contribution in [-0.4, -0.2) is 65.2 Å². The molecule has 1 saturated heterocycles. The Hall–Kier alpha value is -3.50. The maximum atomic E-state index is 13.2.